The lowest BCUT2D eigenvalue weighted by Gasteiger charge is -2.17. The number of aryl methyl sites for hydroxylation is 2. The second kappa shape index (κ2) is 10.9. The van der Waals surface area contributed by atoms with Crippen molar-refractivity contribution in [3.63, 3.8) is 0 Å². The third-order valence-corrected chi connectivity index (χ3v) is 6.60. The van der Waals surface area contributed by atoms with Crippen molar-refractivity contribution in [3.05, 3.63) is 93.5 Å². The van der Waals surface area contributed by atoms with Gasteiger partial charge in [0.25, 0.3) is 15.7 Å². The molecule has 178 valence electrons. The number of benzene rings is 3. The van der Waals surface area contributed by atoms with Gasteiger partial charge in [0.05, 0.1) is 16.3 Å². The summed E-state index contributed by atoms with van der Waals surface area (Å²) in [6, 6.07) is 18.7. The van der Waals surface area contributed by atoms with Crippen molar-refractivity contribution >= 4 is 44.4 Å². The molecule has 0 saturated heterocycles. The van der Waals surface area contributed by atoms with Crippen LogP contribution in [0.25, 0.3) is 0 Å². The van der Waals surface area contributed by atoms with Gasteiger partial charge < -0.3 is 5.32 Å². The Morgan fingerprint density at radius 2 is 1.71 bits per heavy atom. The van der Waals surface area contributed by atoms with Crippen LogP contribution >= 0.6 is 12.2 Å². The number of anilines is 2. The van der Waals surface area contributed by atoms with Gasteiger partial charge in [0.15, 0.2) is 5.11 Å². The first-order valence-electron chi connectivity index (χ1n) is 10.4. The van der Waals surface area contributed by atoms with Gasteiger partial charge in [0.2, 0.25) is 0 Å². The molecule has 0 aliphatic heterocycles. The number of nitrogens with one attached hydrogen (secondary N) is 4. The summed E-state index contributed by atoms with van der Waals surface area (Å²) in [7, 11) is -4.16. The van der Waals surface area contributed by atoms with Crippen molar-refractivity contribution in [2.75, 3.05) is 16.7 Å². The van der Waals surface area contributed by atoms with Gasteiger partial charge in [0.1, 0.15) is 4.90 Å². The van der Waals surface area contributed by atoms with Crippen molar-refractivity contribution in [2.45, 2.75) is 25.2 Å². The SMILES string of the molecule is Cc1ccc(NS(=O)(=O)c2cc([N+](=O)[O-])ccc2NNC(=S)NCCc2ccccc2)c(C)c1. The third kappa shape index (κ3) is 6.65. The molecule has 3 aromatic carbocycles. The van der Waals surface area contributed by atoms with E-state index in [9.17, 15) is 18.5 Å². The van der Waals surface area contributed by atoms with Gasteiger partial charge in [-0.1, -0.05) is 48.0 Å². The van der Waals surface area contributed by atoms with Crippen LogP contribution in [0.2, 0.25) is 0 Å². The Morgan fingerprint density at radius 3 is 2.38 bits per heavy atom. The van der Waals surface area contributed by atoms with Gasteiger partial charge in [0, 0.05) is 18.7 Å². The highest BCUT2D eigenvalue weighted by Crippen LogP contribution is 2.29. The Morgan fingerprint density at radius 1 is 1.00 bits per heavy atom. The van der Waals surface area contributed by atoms with Crippen molar-refractivity contribution in [1.82, 2.24) is 10.7 Å². The minimum Gasteiger partial charge on any atom is -0.361 e. The Kier molecular flexibility index (Phi) is 8.03. The molecule has 0 fully saturated rings. The van der Waals surface area contributed by atoms with E-state index in [1.807, 2.05) is 43.3 Å². The zero-order valence-corrected chi connectivity index (χ0v) is 20.3. The average Bonchev–Trinajstić information content (AvgIpc) is 2.80. The average molecular weight is 500 g/mol. The summed E-state index contributed by atoms with van der Waals surface area (Å²) in [6.45, 7) is 4.24. The summed E-state index contributed by atoms with van der Waals surface area (Å²) in [5, 5.41) is 14.5. The van der Waals surface area contributed by atoms with Crippen LogP contribution in [-0.2, 0) is 16.4 Å². The fourth-order valence-corrected chi connectivity index (χ4v) is 4.68. The van der Waals surface area contributed by atoms with Gasteiger partial charge in [-0.25, -0.2) is 8.42 Å². The largest absolute Gasteiger partial charge is 0.361 e. The van der Waals surface area contributed by atoms with Gasteiger partial charge in [-0.2, -0.15) is 0 Å². The molecule has 0 bridgehead atoms. The zero-order chi connectivity index (χ0) is 24.7. The minimum absolute atomic E-state index is 0.107. The summed E-state index contributed by atoms with van der Waals surface area (Å²) in [4.78, 5) is 10.3. The summed E-state index contributed by atoms with van der Waals surface area (Å²) < 4.78 is 28.8. The number of nitro groups is 1. The lowest BCUT2D eigenvalue weighted by atomic mass is 10.1. The monoisotopic (exact) mass is 499 g/mol. The topological polar surface area (TPSA) is 125 Å². The summed E-state index contributed by atoms with van der Waals surface area (Å²) >= 11 is 5.25. The molecule has 0 aliphatic carbocycles. The van der Waals surface area contributed by atoms with Crippen LogP contribution in [0.3, 0.4) is 0 Å². The molecule has 0 saturated carbocycles. The van der Waals surface area contributed by atoms with E-state index >= 15 is 0 Å². The number of nitrogens with zero attached hydrogens (tertiary/aromatic N) is 1. The van der Waals surface area contributed by atoms with Crippen molar-refractivity contribution in [3.8, 4) is 0 Å². The first-order chi connectivity index (χ1) is 16.2. The molecular formula is C23H25N5O4S2. The van der Waals surface area contributed by atoms with E-state index in [1.165, 1.54) is 12.1 Å². The highest BCUT2D eigenvalue weighted by atomic mass is 32.2. The van der Waals surface area contributed by atoms with Crippen LogP contribution in [0.1, 0.15) is 16.7 Å². The molecule has 0 unspecified atom stereocenters. The molecule has 0 amide bonds. The minimum atomic E-state index is -4.16. The van der Waals surface area contributed by atoms with E-state index in [0.29, 0.717) is 12.2 Å². The van der Waals surface area contributed by atoms with Crippen LogP contribution in [-0.4, -0.2) is 25.0 Å². The molecule has 0 spiro atoms. The highest BCUT2D eigenvalue weighted by Gasteiger charge is 2.23. The number of hydrogen-bond acceptors (Lipinski definition) is 6. The Labute approximate surface area is 203 Å². The predicted octanol–water partition coefficient (Wildman–Crippen LogP) is 4.05. The molecular weight excluding hydrogens is 474 g/mol. The molecule has 0 heterocycles. The summed E-state index contributed by atoms with van der Waals surface area (Å²) in [6.07, 6.45) is 0.750. The second-order valence-electron chi connectivity index (χ2n) is 7.60. The smallest absolute Gasteiger partial charge is 0.270 e. The highest BCUT2D eigenvalue weighted by molar-refractivity contribution is 7.93. The number of rotatable bonds is 9. The molecule has 9 nitrogen and oxygen atoms in total. The second-order valence-corrected chi connectivity index (χ2v) is 9.66. The fourth-order valence-electron chi connectivity index (χ4n) is 3.21. The van der Waals surface area contributed by atoms with Crippen molar-refractivity contribution in [1.29, 1.82) is 0 Å². The van der Waals surface area contributed by atoms with E-state index in [0.717, 1.165) is 29.2 Å². The number of thiocarbonyl (C=S) groups is 1. The lowest BCUT2D eigenvalue weighted by Crippen LogP contribution is -2.40. The number of non-ortho nitro benzene ring substituents is 1. The summed E-state index contributed by atoms with van der Waals surface area (Å²) in [5.41, 5.74) is 8.48. The molecule has 3 rings (SSSR count). The lowest BCUT2D eigenvalue weighted by molar-refractivity contribution is -0.385. The maximum Gasteiger partial charge on any atom is 0.270 e. The maximum atomic E-state index is 13.2. The van der Waals surface area contributed by atoms with E-state index in [2.05, 4.69) is 20.9 Å². The molecule has 4 N–H and O–H groups in total. The van der Waals surface area contributed by atoms with Gasteiger partial charge in [-0.05, 0) is 55.7 Å². The van der Waals surface area contributed by atoms with E-state index in [4.69, 9.17) is 12.2 Å². The predicted molar refractivity (Wildman–Crippen MR) is 137 cm³/mol. The molecule has 3 aromatic rings. The van der Waals surface area contributed by atoms with Gasteiger partial charge in [-0.3, -0.25) is 25.7 Å². The number of hydrogen-bond donors (Lipinski definition) is 4. The number of hydrazine groups is 1. The van der Waals surface area contributed by atoms with Crippen molar-refractivity contribution < 1.29 is 13.3 Å². The first kappa shape index (κ1) is 24.9. The molecule has 34 heavy (non-hydrogen) atoms. The maximum absolute atomic E-state index is 13.2. The first-order valence-corrected chi connectivity index (χ1v) is 12.3. The normalized spacial score (nSPS) is 10.9. The quantitative estimate of drug-likeness (QED) is 0.197. The van der Waals surface area contributed by atoms with Crippen LogP contribution in [0, 0.1) is 24.0 Å². The Bertz CT molecular complexity index is 1300. The summed E-state index contributed by atoms with van der Waals surface area (Å²) in [5.74, 6) is 0. The van der Waals surface area contributed by atoms with Crippen LogP contribution in [0.5, 0.6) is 0 Å². The van der Waals surface area contributed by atoms with E-state index in [-0.39, 0.29) is 21.4 Å². The Balaban J connectivity index is 1.74. The molecule has 11 heteroatoms. The fraction of sp³-hybridized carbons (Fsp3) is 0.174. The zero-order valence-electron chi connectivity index (χ0n) is 18.7. The standard InChI is InChI=1S/C23H25N5O4S2/c1-16-8-10-20(17(2)14-16)27-34(31,32)22-15-19(28(29)30)9-11-21(22)25-26-23(33)24-13-12-18-6-4-3-5-7-18/h3-11,14-15,25,27H,12-13H2,1-2H3,(H2,24,26,33). The van der Waals surface area contributed by atoms with Gasteiger partial charge >= 0.3 is 0 Å². The van der Waals surface area contributed by atoms with E-state index in [1.54, 1.807) is 19.1 Å². The third-order valence-electron chi connectivity index (χ3n) is 4.94. The van der Waals surface area contributed by atoms with E-state index < -0.39 is 14.9 Å². The molecule has 0 aliphatic rings. The van der Waals surface area contributed by atoms with Crippen LogP contribution in [0.4, 0.5) is 17.1 Å². The molecule has 0 aromatic heterocycles. The van der Waals surface area contributed by atoms with Gasteiger partial charge in [-0.15, -0.1) is 0 Å². The Hall–Kier alpha value is -3.70. The molecule has 0 radical (unpaired) electrons. The van der Waals surface area contributed by atoms with Crippen LogP contribution in [0.15, 0.2) is 71.6 Å². The van der Waals surface area contributed by atoms with Crippen molar-refractivity contribution in [2.24, 2.45) is 0 Å². The molecule has 0 atom stereocenters. The number of nitro benzene ring substituents is 1. The number of sulfonamides is 1. The van der Waals surface area contributed by atoms with Crippen LogP contribution < -0.4 is 20.9 Å².